The molecule has 2 nitrogen and oxygen atoms in total. The lowest BCUT2D eigenvalue weighted by molar-refractivity contribution is -0.133. The summed E-state index contributed by atoms with van der Waals surface area (Å²) in [5.41, 5.74) is 1.17. The third-order valence-electron chi connectivity index (χ3n) is 2.47. The first-order valence-electron chi connectivity index (χ1n) is 5.59. The van der Waals surface area contributed by atoms with Crippen LogP contribution < -0.4 is 0 Å². The summed E-state index contributed by atoms with van der Waals surface area (Å²) in [4.78, 5) is 13.8. The number of hydrogen-bond donors (Lipinski definition) is 1. The van der Waals surface area contributed by atoms with E-state index in [-0.39, 0.29) is 11.9 Å². The largest absolute Gasteiger partial charge is 0.336 e. The minimum Gasteiger partial charge on any atom is -0.336 e. The Balaban J connectivity index is 2.69. The van der Waals surface area contributed by atoms with E-state index < -0.39 is 0 Å². The van der Waals surface area contributed by atoms with Crippen molar-refractivity contribution < 1.29 is 4.79 Å². The van der Waals surface area contributed by atoms with E-state index in [1.165, 1.54) is 5.56 Å². The van der Waals surface area contributed by atoms with Gasteiger partial charge in [0.1, 0.15) is 0 Å². The molecule has 0 atom stereocenters. The summed E-state index contributed by atoms with van der Waals surface area (Å²) < 4.78 is 0. The van der Waals surface area contributed by atoms with Gasteiger partial charge in [0.25, 0.3) is 0 Å². The summed E-state index contributed by atoms with van der Waals surface area (Å²) in [5, 5.41) is 0. The number of carbonyl (C=O) groups excluding carboxylic acids is 1. The number of benzene rings is 1. The Morgan fingerprint density at radius 2 is 1.94 bits per heavy atom. The van der Waals surface area contributed by atoms with Crippen LogP contribution in [0.3, 0.4) is 0 Å². The minimum absolute atomic E-state index is 0.175. The second kappa shape index (κ2) is 6.59. The Bertz CT molecular complexity index is 324. The van der Waals surface area contributed by atoms with Crippen molar-refractivity contribution in [2.45, 2.75) is 32.9 Å². The van der Waals surface area contributed by atoms with Crippen LogP contribution in [0.1, 0.15) is 25.8 Å². The molecule has 1 rings (SSSR count). The summed E-state index contributed by atoms with van der Waals surface area (Å²) >= 11 is 4.10. The van der Waals surface area contributed by atoms with Gasteiger partial charge in [-0.15, -0.1) is 0 Å². The van der Waals surface area contributed by atoms with Crippen LogP contribution in [0.15, 0.2) is 30.3 Å². The Labute approximate surface area is 103 Å². The summed E-state index contributed by atoms with van der Waals surface area (Å²) in [5.74, 6) is 0.783. The van der Waals surface area contributed by atoms with E-state index in [0.717, 1.165) is 0 Å². The van der Waals surface area contributed by atoms with Gasteiger partial charge in [-0.05, 0) is 25.2 Å². The number of hydrogen-bond acceptors (Lipinski definition) is 2. The Hall–Kier alpha value is -0.960. The molecule has 0 aliphatic rings. The highest BCUT2D eigenvalue weighted by Crippen LogP contribution is 2.10. The van der Waals surface area contributed by atoms with Crippen molar-refractivity contribution in [1.29, 1.82) is 0 Å². The highest BCUT2D eigenvalue weighted by atomic mass is 32.1. The number of nitrogens with zero attached hydrogens (tertiary/aromatic N) is 1. The Morgan fingerprint density at radius 1 is 1.31 bits per heavy atom. The van der Waals surface area contributed by atoms with Crippen molar-refractivity contribution in [3.8, 4) is 0 Å². The van der Waals surface area contributed by atoms with Gasteiger partial charge in [-0.2, -0.15) is 12.6 Å². The van der Waals surface area contributed by atoms with Gasteiger partial charge in [-0.25, -0.2) is 0 Å². The fraction of sp³-hybridized carbons (Fsp3) is 0.462. The van der Waals surface area contributed by atoms with Crippen molar-refractivity contribution in [1.82, 2.24) is 4.90 Å². The molecule has 0 radical (unpaired) electrons. The van der Waals surface area contributed by atoms with Gasteiger partial charge in [-0.3, -0.25) is 4.79 Å². The third kappa shape index (κ3) is 3.89. The van der Waals surface area contributed by atoms with Crippen LogP contribution >= 0.6 is 12.6 Å². The van der Waals surface area contributed by atoms with E-state index in [9.17, 15) is 4.79 Å². The van der Waals surface area contributed by atoms with E-state index in [1.54, 1.807) is 0 Å². The van der Waals surface area contributed by atoms with Crippen LogP contribution in [0, 0.1) is 0 Å². The molecule has 0 saturated carbocycles. The van der Waals surface area contributed by atoms with E-state index in [1.807, 2.05) is 49.1 Å². The molecule has 0 saturated heterocycles. The molecule has 0 aliphatic carbocycles. The topological polar surface area (TPSA) is 20.3 Å². The fourth-order valence-electron chi connectivity index (χ4n) is 1.58. The van der Waals surface area contributed by atoms with Crippen molar-refractivity contribution >= 4 is 18.5 Å². The van der Waals surface area contributed by atoms with Gasteiger partial charge < -0.3 is 4.90 Å². The first kappa shape index (κ1) is 13.1. The van der Waals surface area contributed by atoms with Gasteiger partial charge in [-0.1, -0.05) is 30.3 Å². The zero-order valence-electron chi connectivity index (χ0n) is 9.89. The zero-order valence-corrected chi connectivity index (χ0v) is 10.8. The maximum absolute atomic E-state index is 11.9. The molecule has 0 aliphatic heterocycles. The molecule has 1 aromatic rings. The monoisotopic (exact) mass is 237 g/mol. The summed E-state index contributed by atoms with van der Waals surface area (Å²) in [6, 6.07) is 10.3. The van der Waals surface area contributed by atoms with Gasteiger partial charge >= 0.3 is 0 Å². The molecule has 0 heterocycles. The predicted octanol–water partition coefficient (Wildman–Crippen LogP) is 2.74. The Morgan fingerprint density at radius 3 is 2.44 bits per heavy atom. The van der Waals surface area contributed by atoms with Crippen LogP contribution in [-0.2, 0) is 11.3 Å². The lowest BCUT2D eigenvalue weighted by Crippen LogP contribution is -2.36. The van der Waals surface area contributed by atoms with Crippen molar-refractivity contribution in [2.24, 2.45) is 0 Å². The van der Waals surface area contributed by atoms with Crippen LogP contribution in [0.25, 0.3) is 0 Å². The van der Waals surface area contributed by atoms with E-state index >= 15 is 0 Å². The lowest BCUT2D eigenvalue weighted by Gasteiger charge is -2.26. The normalized spacial score (nSPS) is 10.5. The number of amides is 1. The number of rotatable bonds is 5. The SMILES string of the molecule is CC(C)N(Cc1ccccc1)C(=O)CCS. The zero-order chi connectivity index (χ0) is 12.0. The number of carbonyl (C=O) groups is 1. The number of thiol groups is 1. The fourth-order valence-corrected chi connectivity index (χ4v) is 1.77. The Kier molecular flexibility index (Phi) is 5.39. The first-order valence-corrected chi connectivity index (χ1v) is 6.22. The molecule has 3 heteroatoms. The molecule has 0 spiro atoms. The van der Waals surface area contributed by atoms with Gasteiger partial charge in [0.15, 0.2) is 0 Å². The van der Waals surface area contributed by atoms with E-state index in [4.69, 9.17) is 0 Å². The third-order valence-corrected chi connectivity index (χ3v) is 2.69. The maximum atomic E-state index is 11.9. The maximum Gasteiger partial charge on any atom is 0.223 e. The predicted molar refractivity (Wildman–Crippen MR) is 70.6 cm³/mol. The van der Waals surface area contributed by atoms with E-state index in [2.05, 4.69) is 12.6 Å². The van der Waals surface area contributed by atoms with Crippen molar-refractivity contribution in [3.05, 3.63) is 35.9 Å². The van der Waals surface area contributed by atoms with Crippen molar-refractivity contribution in [2.75, 3.05) is 5.75 Å². The van der Waals surface area contributed by atoms with Crippen LogP contribution in [0.4, 0.5) is 0 Å². The average molecular weight is 237 g/mol. The molecule has 1 amide bonds. The quantitative estimate of drug-likeness (QED) is 0.781. The molecule has 88 valence electrons. The molecule has 0 N–H and O–H groups in total. The van der Waals surface area contributed by atoms with Gasteiger partial charge in [0.05, 0.1) is 0 Å². The molecule has 0 aromatic heterocycles. The van der Waals surface area contributed by atoms with E-state index in [0.29, 0.717) is 18.7 Å². The second-order valence-electron chi connectivity index (χ2n) is 4.07. The van der Waals surface area contributed by atoms with Crippen molar-refractivity contribution in [3.63, 3.8) is 0 Å². The summed E-state index contributed by atoms with van der Waals surface area (Å²) in [6.45, 7) is 4.77. The lowest BCUT2D eigenvalue weighted by atomic mass is 10.2. The second-order valence-corrected chi connectivity index (χ2v) is 4.52. The van der Waals surface area contributed by atoms with Crippen LogP contribution in [-0.4, -0.2) is 22.6 Å². The standard InChI is InChI=1S/C13H19NOS/c1-11(2)14(13(15)8-9-16)10-12-6-4-3-5-7-12/h3-7,11,16H,8-10H2,1-2H3. The highest BCUT2D eigenvalue weighted by Gasteiger charge is 2.15. The molecular weight excluding hydrogens is 218 g/mol. The minimum atomic E-state index is 0.175. The molecular formula is C13H19NOS. The molecule has 0 fully saturated rings. The molecule has 0 unspecified atom stereocenters. The van der Waals surface area contributed by atoms with Crippen LogP contribution in [0.2, 0.25) is 0 Å². The average Bonchev–Trinajstić information content (AvgIpc) is 2.27. The van der Waals surface area contributed by atoms with Gasteiger partial charge in [0, 0.05) is 19.0 Å². The first-order chi connectivity index (χ1) is 7.65. The molecule has 16 heavy (non-hydrogen) atoms. The van der Waals surface area contributed by atoms with Gasteiger partial charge in [0.2, 0.25) is 5.91 Å². The summed E-state index contributed by atoms with van der Waals surface area (Å²) in [6.07, 6.45) is 0.508. The summed E-state index contributed by atoms with van der Waals surface area (Å²) in [7, 11) is 0. The van der Waals surface area contributed by atoms with Crippen LogP contribution in [0.5, 0.6) is 0 Å². The highest BCUT2D eigenvalue weighted by molar-refractivity contribution is 7.80. The molecule has 1 aromatic carbocycles. The smallest absolute Gasteiger partial charge is 0.223 e. The molecule has 0 bridgehead atoms.